The van der Waals surface area contributed by atoms with E-state index in [0.29, 0.717) is 11.4 Å². The van der Waals surface area contributed by atoms with E-state index in [1.807, 2.05) is 18.2 Å². The summed E-state index contributed by atoms with van der Waals surface area (Å²) in [7, 11) is -3.54. The van der Waals surface area contributed by atoms with Crippen molar-refractivity contribution in [1.29, 1.82) is 0 Å². The van der Waals surface area contributed by atoms with Gasteiger partial charge in [-0.25, -0.2) is 12.8 Å². The molecular formula is C16H13FN2O3S. The molecule has 0 amide bonds. The van der Waals surface area contributed by atoms with E-state index in [1.165, 1.54) is 18.2 Å². The highest BCUT2D eigenvalue weighted by atomic mass is 32.2. The first kappa shape index (κ1) is 15.4. The lowest BCUT2D eigenvalue weighted by molar-refractivity contribution is 0.389. The number of rotatable bonds is 5. The standard InChI is InChI=1S/C16H13FN2O3S/c17-14-8-4-5-12(9-14)10-23(20,21)11-15-18-16(19-22-15)13-6-2-1-3-7-13/h1-9H,10-11H2. The smallest absolute Gasteiger partial charge is 0.242 e. The highest BCUT2D eigenvalue weighted by Crippen LogP contribution is 2.17. The first-order valence-corrected chi connectivity index (χ1v) is 8.67. The molecule has 0 N–H and O–H groups in total. The first-order valence-electron chi connectivity index (χ1n) is 6.85. The number of halogens is 1. The van der Waals surface area contributed by atoms with Crippen LogP contribution in [0.4, 0.5) is 4.39 Å². The van der Waals surface area contributed by atoms with Crippen LogP contribution in [0.1, 0.15) is 11.5 Å². The summed E-state index contributed by atoms with van der Waals surface area (Å²) in [6, 6.07) is 14.6. The van der Waals surface area contributed by atoms with Gasteiger partial charge in [0, 0.05) is 5.56 Å². The van der Waals surface area contributed by atoms with Crippen molar-refractivity contribution in [1.82, 2.24) is 10.1 Å². The molecule has 0 aliphatic rings. The molecule has 0 saturated heterocycles. The highest BCUT2D eigenvalue weighted by molar-refractivity contribution is 7.89. The van der Waals surface area contributed by atoms with Gasteiger partial charge in [-0.1, -0.05) is 47.6 Å². The molecule has 3 rings (SSSR count). The van der Waals surface area contributed by atoms with Gasteiger partial charge in [-0.05, 0) is 17.7 Å². The largest absolute Gasteiger partial charge is 0.338 e. The molecular weight excluding hydrogens is 319 g/mol. The normalized spacial score (nSPS) is 11.5. The first-order chi connectivity index (χ1) is 11.0. The SMILES string of the molecule is O=S(=O)(Cc1cccc(F)c1)Cc1nc(-c2ccccc2)no1. The van der Waals surface area contributed by atoms with Gasteiger partial charge in [-0.3, -0.25) is 0 Å². The summed E-state index contributed by atoms with van der Waals surface area (Å²) in [5, 5.41) is 3.78. The summed E-state index contributed by atoms with van der Waals surface area (Å²) in [5.74, 6) is -0.791. The molecule has 3 aromatic rings. The summed E-state index contributed by atoms with van der Waals surface area (Å²) < 4.78 is 42.5. The molecule has 0 atom stereocenters. The number of hydrogen-bond acceptors (Lipinski definition) is 5. The predicted molar refractivity (Wildman–Crippen MR) is 82.5 cm³/mol. The van der Waals surface area contributed by atoms with Crippen LogP contribution in [0.5, 0.6) is 0 Å². The van der Waals surface area contributed by atoms with Gasteiger partial charge in [-0.15, -0.1) is 0 Å². The van der Waals surface area contributed by atoms with Crippen molar-refractivity contribution in [3.63, 3.8) is 0 Å². The molecule has 0 bridgehead atoms. The van der Waals surface area contributed by atoms with Crippen LogP contribution in [0.2, 0.25) is 0 Å². The molecule has 1 heterocycles. The number of benzene rings is 2. The van der Waals surface area contributed by atoms with Crippen LogP contribution >= 0.6 is 0 Å². The van der Waals surface area contributed by atoms with E-state index in [9.17, 15) is 12.8 Å². The molecule has 23 heavy (non-hydrogen) atoms. The van der Waals surface area contributed by atoms with Gasteiger partial charge in [0.1, 0.15) is 11.6 Å². The number of sulfone groups is 1. The Balaban J connectivity index is 1.75. The topological polar surface area (TPSA) is 73.1 Å². The molecule has 5 nitrogen and oxygen atoms in total. The zero-order chi connectivity index (χ0) is 16.3. The predicted octanol–water partition coefficient (Wildman–Crippen LogP) is 2.99. The molecule has 0 aliphatic heterocycles. The molecule has 2 aromatic carbocycles. The molecule has 0 unspecified atom stereocenters. The molecule has 0 radical (unpaired) electrons. The molecule has 0 spiro atoms. The van der Waals surface area contributed by atoms with Crippen molar-refractivity contribution >= 4 is 9.84 Å². The second kappa shape index (κ2) is 6.29. The van der Waals surface area contributed by atoms with Crippen molar-refractivity contribution < 1.29 is 17.3 Å². The fraction of sp³-hybridized carbons (Fsp3) is 0.125. The Bertz CT molecular complexity index is 908. The van der Waals surface area contributed by atoms with E-state index in [-0.39, 0.29) is 17.4 Å². The minimum atomic E-state index is -3.54. The summed E-state index contributed by atoms with van der Waals surface area (Å²) in [6.45, 7) is 0. The van der Waals surface area contributed by atoms with Crippen LogP contribution in [-0.4, -0.2) is 18.6 Å². The molecule has 1 aromatic heterocycles. The number of aromatic nitrogens is 2. The Morgan fingerprint density at radius 2 is 1.78 bits per heavy atom. The lowest BCUT2D eigenvalue weighted by Gasteiger charge is -2.02. The Labute approximate surface area is 132 Å². The summed E-state index contributed by atoms with van der Waals surface area (Å²) >= 11 is 0. The fourth-order valence-corrected chi connectivity index (χ4v) is 3.42. The van der Waals surface area contributed by atoms with Crippen molar-refractivity contribution in [2.24, 2.45) is 0 Å². The van der Waals surface area contributed by atoms with Crippen LogP contribution in [0.25, 0.3) is 11.4 Å². The van der Waals surface area contributed by atoms with Gasteiger partial charge >= 0.3 is 0 Å². The van der Waals surface area contributed by atoms with Gasteiger partial charge in [-0.2, -0.15) is 4.98 Å². The summed E-state index contributed by atoms with van der Waals surface area (Å²) in [5.41, 5.74) is 1.12. The van der Waals surface area contributed by atoms with Crippen molar-refractivity contribution in [2.75, 3.05) is 0 Å². The number of hydrogen-bond donors (Lipinski definition) is 0. The van der Waals surface area contributed by atoms with Gasteiger partial charge < -0.3 is 4.52 Å². The monoisotopic (exact) mass is 332 g/mol. The Morgan fingerprint density at radius 1 is 1.00 bits per heavy atom. The minimum absolute atomic E-state index is 0.0141. The lowest BCUT2D eigenvalue weighted by atomic mass is 10.2. The lowest BCUT2D eigenvalue weighted by Crippen LogP contribution is -2.08. The van der Waals surface area contributed by atoms with Crippen molar-refractivity contribution in [2.45, 2.75) is 11.5 Å². The van der Waals surface area contributed by atoms with Gasteiger partial charge in [0.25, 0.3) is 0 Å². The van der Waals surface area contributed by atoms with Crippen LogP contribution < -0.4 is 0 Å². The average Bonchev–Trinajstić information content (AvgIpc) is 2.95. The zero-order valence-corrected chi connectivity index (χ0v) is 12.8. The van der Waals surface area contributed by atoms with Crippen LogP contribution in [0.3, 0.4) is 0 Å². The number of nitrogens with zero attached hydrogens (tertiary/aromatic N) is 2. The van der Waals surface area contributed by atoms with E-state index in [0.717, 1.165) is 5.56 Å². The van der Waals surface area contributed by atoms with Crippen molar-refractivity contribution in [3.05, 3.63) is 71.9 Å². The van der Waals surface area contributed by atoms with Gasteiger partial charge in [0.15, 0.2) is 9.84 Å². The van der Waals surface area contributed by atoms with Crippen LogP contribution in [0.15, 0.2) is 59.1 Å². The van der Waals surface area contributed by atoms with E-state index >= 15 is 0 Å². The molecule has 118 valence electrons. The Kier molecular flexibility index (Phi) is 4.20. The Hall–Kier alpha value is -2.54. The van der Waals surface area contributed by atoms with E-state index in [4.69, 9.17) is 4.52 Å². The molecule has 7 heteroatoms. The third-order valence-electron chi connectivity index (χ3n) is 3.12. The second-order valence-corrected chi connectivity index (χ2v) is 7.10. The third kappa shape index (κ3) is 4.01. The summed E-state index contributed by atoms with van der Waals surface area (Å²) in [4.78, 5) is 4.09. The quantitative estimate of drug-likeness (QED) is 0.718. The van der Waals surface area contributed by atoms with Crippen LogP contribution in [0, 0.1) is 5.82 Å². The third-order valence-corrected chi connectivity index (χ3v) is 4.58. The van der Waals surface area contributed by atoms with E-state index in [2.05, 4.69) is 10.1 Å². The second-order valence-electron chi connectivity index (χ2n) is 5.04. The zero-order valence-electron chi connectivity index (χ0n) is 12.0. The summed E-state index contributed by atoms with van der Waals surface area (Å²) in [6.07, 6.45) is 0. The minimum Gasteiger partial charge on any atom is -0.338 e. The van der Waals surface area contributed by atoms with Crippen molar-refractivity contribution in [3.8, 4) is 11.4 Å². The van der Waals surface area contributed by atoms with Crippen LogP contribution in [-0.2, 0) is 21.3 Å². The van der Waals surface area contributed by atoms with Gasteiger partial charge in [0.2, 0.25) is 11.7 Å². The maximum Gasteiger partial charge on any atom is 0.242 e. The maximum absolute atomic E-state index is 13.1. The maximum atomic E-state index is 13.1. The fourth-order valence-electron chi connectivity index (χ4n) is 2.14. The molecule has 0 fully saturated rings. The Morgan fingerprint density at radius 3 is 2.52 bits per heavy atom. The van der Waals surface area contributed by atoms with E-state index in [1.54, 1.807) is 18.2 Å². The highest BCUT2D eigenvalue weighted by Gasteiger charge is 2.18. The van der Waals surface area contributed by atoms with E-state index < -0.39 is 15.7 Å². The van der Waals surface area contributed by atoms with Gasteiger partial charge in [0.05, 0.1) is 5.75 Å². The molecule has 0 saturated carbocycles. The average molecular weight is 332 g/mol. The molecule has 0 aliphatic carbocycles.